The van der Waals surface area contributed by atoms with Crippen LogP contribution >= 0.6 is 0 Å². The number of pyridine rings is 1. The van der Waals surface area contributed by atoms with Crippen LogP contribution in [0, 0.1) is 25.3 Å². The predicted octanol–water partition coefficient (Wildman–Crippen LogP) is 11.6. The van der Waals surface area contributed by atoms with Gasteiger partial charge in [0.1, 0.15) is 5.58 Å². The number of hydrogen-bond acceptors (Lipinski definition) is 2. The van der Waals surface area contributed by atoms with Crippen LogP contribution in [-0.4, -0.2) is 9.55 Å². The number of rotatable bonds is 4. The van der Waals surface area contributed by atoms with Gasteiger partial charge in [-0.15, -0.1) is 18.2 Å². The van der Waals surface area contributed by atoms with Crippen molar-refractivity contribution in [1.82, 2.24) is 9.55 Å². The molecule has 52 heavy (non-hydrogen) atoms. The van der Waals surface area contributed by atoms with E-state index < -0.39 is 12.7 Å². The number of para-hydroxylation sites is 5. The second-order valence-electron chi connectivity index (χ2n) is 14.2. The van der Waals surface area contributed by atoms with Crippen LogP contribution < -0.4 is 4.57 Å². The van der Waals surface area contributed by atoms with Crippen LogP contribution in [0.25, 0.3) is 55.6 Å². The second-order valence-corrected chi connectivity index (χ2v) is 14.2. The fourth-order valence-corrected chi connectivity index (χ4v) is 7.23. The Morgan fingerprint density at radius 1 is 0.846 bits per heavy atom. The molecule has 1 aliphatic carbocycles. The zero-order valence-electron chi connectivity index (χ0n) is 33.7. The van der Waals surface area contributed by atoms with E-state index in [2.05, 4.69) is 81.1 Å². The molecule has 0 N–H and O–H groups in total. The monoisotopic (exact) mass is 862 g/mol. The van der Waals surface area contributed by atoms with Gasteiger partial charge in [0.25, 0.3) is 6.33 Å². The van der Waals surface area contributed by atoms with Gasteiger partial charge in [-0.3, -0.25) is 4.57 Å². The molecule has 0 bridgehead atoms. The minimum atomic E-state index is -2.22. The summed E-state index contributed by atoms with van der Waals surface area (Å²) in [6, 6.07) is 44.5. The molecular weight excluding hydrogens is 815 g/mol. The third-order valence-electron chi connectivity index (χ3n) is 9.79. The molecule has 5 heteroatoms. The van der Waals surface area contributed by atoms with Gasteiger partial charge in [0.05, 0.1) is 22.3 Å². The van der Waals surface area contributed by atoms with Gasteiger partial charge in [-0.2, -0.15) is 30.3 Å². The molecule has 5 aromatic carbocycles. The van der Waals surface area contributed by atoms with Crippen LogP contribution in [0.3, 0.4) is 0 Å². The maximum Gasteiger partial charge on any atom is 3.00 e. The zero-order chi connectivity index (χ0) is 38.4. The van der Waals surface area contributed by atoms with Crippen LogP contribution in [0.15, 0.2) is 126 Å². The van der Waals surface area contributed by atoms with E-state index in [-0.39, 0.29) is 25.5 Å². The Balaban J connectivity index is 0.000000169. The summed E-state index contributed by atoms with van der Waals surface area (Å²) >= 11 is 0. The fourth-order valence-electron chi connectivity index (χ4n) is 7.23. The van der Waals surface area contributed by atoms with E-state index in [4.69, 9.17) is 8.53 Å². The molecule has 0 atom stereocenters. The van der Waals surface area contributed by atoms with Crippen LogP contribution in [0.5, 0.6) is 0 Å². The summed E-state index contributed by atoms with van der Waals surface area (Å²) in [7, 11) is 0. The van der Waals surface area contributed by atoms with Crippen molar-refractivity contribution in [3.63, 3.8) is 0 Å². The largest absolute Gasteiger partial charge is 3.00 e. The van der Waals surface area contributed by atoms with E-state index in [1.54, 1.807) is 12.3 Å². The molecule has 0 unspecified atom stereocenters. The molecule has 1 saturated carbocycles. The van der Waals surface area contributed by atoms with Gasteiger partial charge >= 0.3 is 20.1 Å². The van der Waals surface area contributed by atoms with E-state index in [1.165, 1.54) is 6.42 Å². The smallest absolute Gasteiger partial charge is 0.501 e. The Labute approximate surface area is 326 Å². The Morgan fingerprint density at radius 2 is 1.62 bits per heavy atom. The van der Waals surface area contributed by atoms with Gasteiger partial charge in [-0.05, 0) is 65.6 Å². The van der Waals surface area contributed by atoms with Crippen molar-refractivity contribution in [3.05, 3.63) is 157 Å². The molecule has 3 heterocycles. The molecule has 0 amide bonds. The van der Waals surface area contributed by atoms with Crippen molar-refractivity contribution in [2.24, 2.45) is 0 Å². The first kappa shape index (κ1) is 30.8. The topological polar surface area (TPSA) is 34.8 Å². The first-order valence-electron chi connectivity index (χ1n) is 19.8. The molecule has 0 spiro atoms. The van der Waals surface area contributed by atoms with Crippen molar-refractivity contribution >= 4 is 33.0 Å². The van der Waals surface area contributed by atoms with E-state index in [0.717, 1.165) is 75.6 Å². The quantitative estimate of drug-likeness (QED) is 0.131. The standard InChI is InChI=1S/C25H23N2.C22H20NO.Ir/c1-3-11-20(12-4-1)22-15-7-8-16-23(22)27-19-26(21-13-5-2-6-14-21)24-17-9-10-18-25(24)27;1-14-12-19(23-13-18(14)22(2,3)4)17-10-7-9-16-15-8-5-6-11-20(15)24-21(16)17;/h2,5-10,13,15-18,20H,1,3-4,11-12H2;5-9,11-13H,1-4H3;/q2*-1;+3/i20D;1D3;. The predicted molar refractivity (Wildman–Crippen MR) is 208 cm³/mol. The molecule has 4 nitrogen and oxygen atoms in total. The number of aromatic nitrogens is 3. The minimum absolute atomic E-state index is 0. The minimum Gasteiger partial charge on any atom is -0.501 e. The molecule has 9 rings (SSSR count). The first-order chi connectivity index (χ1) is 26.4. The molecule has 3 aromatic heterocycles. The average Bonchev–Trinajstić information content (AvgIpc) is 3.77. The van der Waals surface area contributed by atoms with Crippen molar-refractivity contribution in [2.75, 3.05) is 0 Å². The zero-order valence-corrected chi connectivity index (χ0v) is 32.1. The number of furan rings is 1. The van der Waals surface area contributed by atoms with Crippen molar-refractivity contribution in [3.8, 4) is 22.6 Å². The number of imidazole rings is 1. The van der Waals surface area contributed by atoms with Crippen LogP contribution in [0.2, 0.25) is 0 Å². The Morgan fingerprint density at radius 3 is 2.42 bits per heavy atom. The van der Waals surface area contributed by atoms with Crippen LogP contribution in [0.4, 0.5) is 0 Å². The Hall–Kier alpha value is -4.83. The van der Waals surface area contributed by atoms with Gasteiger partial charge < -0.3 is 14.0 Å². The molecule has 260 valence electrons. The van der Waals surface area contributed by atoms with E-state index in [1.807, 2.05) is 81.4 Å². The molecule has 1 fully saturated rings. The normalized spacial score (nSPS) is 15.5. The number of nitrogens with zero attached hydrogens (tertiary/aromatic N) is 3. The maximum atomic E-state index is 9.19. The van der Waals surface area contributed by atoms with Crippen molar-refractivity contribution in [2.45, 2.75) is 71.0 Å². The summed E-state index contributed by atoms with van der Waals surface area (Å²) in [6.45, 7) is 3.75. The molecule has 1 aliphatic rings. The molecule has 0 aliphatic heterocycles. The number of benzene rings is 5. The third-order valence-corrected chi connectivity index (χ3v) is 9.79. The first-order valence-corrected chi connectivity index (χ1v) is 17.8. The second kappa shape index (κ2) is 15.0. The van der Waals surface area contributed by atoms with Gasteiger partial charge in [0.15, 0.2) is 0 Å². The summed E-state index contributed by atoms with van der Waals surface area (Å²) in [6.07, 6.45) is 10.6. The van der Waals surface area contributed by atoms with Gasteiger partial charge in [-0.1, -0.05) is 123 Å². The van der Waals surface area contributed by atoms with Gasteiger partial charge in [-0.25, -0.2) is 0 Å². The molecule has 0 radical (unpaired) electrons. The Bertz CT molecular complexity index is 2630. The Kier molecular flexibility index (Phi) is 8.89. The SMILES string of the molecule is [2H]C([2H])([2H])c1cc(-c2[c-]ccc3c2oc2ccccc23)ncc1C(C)(C)C.[2H]C1(c2ccccc2-[n+]2[c-]n(-c3[c-]cccc3)c3ccccc32)CCCCC1.[Ir+3]. The van der Waals surface area contributed by atoms with Crippen molar-refractivity contribution < 1.29 is 34.6 Å². The summed E-state index contributed by atoms with van der Waals surface area (Å²) in [5.74, 6) is -0.516. The molecule has 8 aromatic rings. The van der Waals surface area contributed by atoms with E-state index >= 15 is 0 Å². The van der Waals surface area contributed by atoms with Gasteiger partial charge in [0, 0.05) is 17.1 Å². The summed E-state index contributed by atoms with van der Waals surface area (Å²) in [5, 5.41) is 1.99. The van der Waals surface area contributed by atoms with Gasteiger partial charge in [0.2, 0.25) is 0 Å². The maximum absolute atomic E-state index is 9.19. The van der Waals surface area contributed by atoms with E-state index in [9.17, 15) is 1.37 Å². The molecule has 0 saturated heterocycles. The third kappa shape index (κ3) is 6.88. The average molecular weight is 862 g/mol. The van der Waals surface area contributed by atoms with E-state index in [0.29, 0.717) is 22.4 Å². The summed E-state index contributed by atoms with van der Waals surface area (Å²) < 4.78 is 43.3. The number of fused-ring (bicyclic) bond motifs is 4. The van der Waals surface area contributed by atoms with Crippen LogP contribution in [-0.2, 0) is 25.5 Å². The number of hydrogen-bond donors (Lipinski definition) is 0. The summed E-state index contributed by atoms with van der Waals surface area (Å²) in [5.41, 5.74) is 8.73. The fraction of sp³-hybridized carbons (Fsp3) is 0.234. The van der Waals surface area contributed by atoms with Crippen LogP contribution in [0.1, 0.15) is 80.9 Å². The summed E-state index contributed by atoms with van der Waals surface area (Å²) in [4.78, 5) is 4.57. The number of aryl methyl sites for hydroxylation is 1. The molecular formula is C47H43IrN3O+. The van der Waals surface area contributed by atoms with Crippen molar-refractivity contribution in [1.29, 1.82) is 0 Å².